The molecule has 1 atom stereocenters. The first-order valence-corrected chi connectivity index (χ1v) is 8.23. The van der Waals surface area contributed by atoms with Crippen LogP contribution in [-0.2, 0) is 10.6 Å². The fourth-order valence-electron chi connectivity index (χ4n) is 1.85. The van der Waals surface area contributed by atoms with E-state index in [1.54, 1.807) is 11.8 Å². The zero-order valence-corrected chi connectivity index (χ0v) is 13.6. The van der Waals surface area contributed by atoms with Crippen molar-refractivity contribution in [3.8, 4) is 5.75 Å². The quantitative estimate of drug-likeness (QED) is 0.753. The predicted octanol–water partition coefficient (Wildman–Crippen LogP) is 4.44. The van der Waals surface area contributed by atoms with Gasteiger partial charge in [0.1, 0.15) is 10.8 Å². The zero-order valence-electron chi connectivity index (χ0n) is 12.1. The van der Waals surface area contributed by atoms with Gasteiger partial charge in [-0.2, -0.15) is 0 Å². The van der Waals surface area contributed by atoms with E-state index in [2.05, 4.69) is 11.2 Å². The van der Waals surface area contributed by atoms with Crippen LogP contribution in [0.5, 0.6) is 5.75 Å². The molecule has 2 rings (SSSR count). The highest BCUT2D eigenvalue weighted by Crippen LogP contribution is 2.32. The van der Waals surface area contributed by atoms with Crippen LogP contribution in [0.2, 0.25) is 0 Å². The summed E-state index contributed by atoms with van der Waals surface area (Å²) in [6, 6.07) is 8.11. The molecule has 0 N–H and O–H groups in total. The van der Waals surface area contributed by atoms with E-state index in [-0.39, 0.29) is 11.7 Å². The molecule has 0 bridgehead atoms. The van der Waals surface area contributed by atoms with E-state index in [9.17, 15) is 0 Å². The molecule has 1 aromatic rings. The highest BCUT2D eigenvalue weighted by Gasteiger charge is 2.33. The third kappa shape index (κ3) is 4.06. The fraction of sp³-hybridized carbons (Fsp3) is 0.533. The molecule has 0 amide bonds. The van der Waals surface area contributed by atoms with Gasteiger partial charge in [0.05, 0.1) is 12.0 Å². The van der Waals surface area contributed by atoms with Crippen LogP contribution in [0, 0.1) is 0 Å². The lowest BCUT2D eigenvalue weighted by Gasteiger charge is -2.16. The average molecular weight is 314 g/mol. The molecule has 0 spiro atoms. The van der Waals surface area contributed by atoms with Gasteiger partial charge in [0.15, 0.2) is 5.60 Å². The van der Waals surface area contributed by atoms with Crippen LogP contribution in [-0.4, -0.2) is 22.6 Å². The van der Waals surface area contributed by atoms with Crippen molar-refractivity contribution in [2.75, 3.05) is 5.88 Å². The number of para-hydroxylation sites is 1. The highest BCUT2D eigenvalue weighted by molar-refractivity contribution is 8.13. The summed E-state index contributed by atoms with van der Waals surface area (Å²) in [7, 11) is 0. The standard InChI is InChI=1S/C15H20ClNO2S/c1-11(2)18-13-7-5-4-6-12(13)9-20-14-8-15(3,10-16)19-17-14/h4-7,11H,8-10H2,1-3H3. The Labute approximate surface area is 129 Å². The van der Waals surface area contributed by atoms with Crippen LogP contribution >= 0.6 is 23.4 Å². The first kappa shape index (κ1) is 15.5. The van der Waals surface area contributed by atoms with Crippen LogP contribution in [0.15, 0.2) is 29.4 Å². The molecule has 0 saturated carbocycles. The summed E-state index contributed by atoms with van der Waals surface area (Å²) in [6.45, 7) is 6.04. The summed E-state index contributed by atoms with van der Waals surface area (Å²) >= 11 is 7.57. The van der Waals surface area contributed by atoms with Crippen molar-refractivity contribution >= 4 is 28.4 Å². The van der Waals surface area contributed by atoms with Gasteiger partial charge in [-0.05, 0) is 26.8 Å². The number of nitrogens with zero attached hydrogens (tertiary/aromatic N) is 1. The van der Waals surface area contributed by atoms with Crippen molar-refractivity contribution in [1.82, 2.24) is 0 Å². The summed E-state index contributed by atoms with van der Waals surface area (Å²) in [5.41, 5.74) is 0.825. The molecule has 110 valence electrons. The second-order valence-corrected chi connectivity index (χ2v) is 6.72. The van der Waals surface area contributed by atoms with Gasteiger partial charge in [0.25, 0.3) is 0 Å². The van der Waals surface area contributed by atoms with E-state index < -0.39 is 0 Å². The maximum atomic E-state index is 5.89. The number of alkyl halides is 1. The Balaban J connectivity index is 1.95. The van der Waals surface area contributed by atoms with E-state index >= 15 is 0 Å². The molecular weight excluding hydrogens is 294 g/mol. The summed E-state index contributed by atoms with van der Waals surface area (Å²) in [6.07, 6.45) is 0.946. The molecule has 3 nitrogen and oxygen atoms in total. The van der Waals surface area contributed by atoms with Gasteiger partial charge in [-0.15, -0.1) is 23.4 Å². The van der Waals surface area contributed by atoms with E-state index in [4.69, 9.17) is 21.2 Å². The first-order valence-electron chi connectivity index (χ1n) is 6.71. The minimum atomic E-state index is -0.349. The van der Waals surface area contributed by atoms with Crippen molar-refractivity contribution in [3.05, 3.63) is 29.8 Å². The molecule has 1 aromatic carbocycles. The van der Waals surface area contributed by atoms with Crippen LogP contribution in [0.1, 0.15) is 32.8 Å². The lowest BCUT2D eigenvalue weighted by molar-refractivity contribution is 0.0152. The highest BCUT2D eigenvalue weighted by atomic mass is 35.5. The molecule has 5 heteroatoms. The molecule has 1 heterocycles. The molecule has 1 aliphatic rings. The van der Waals surface area contributed by atoms with Crippen molar-refractivity contribution < 1.29 is 9.57 Å². The Kier molecular flexibility index (Phi) is 5.22. The minimum Gasteiger partial charge on any atom is -0.491 e. The van der Waals surface area contributed by atoms with Gasteiger partial charge in [-0.3, -0.25) is 0 Å². The van der Waals surface area contributed by atoms with Gasteiger partial charge in [-0.25, -0.2) is 0 Å². The van der Waals surface area contributed by atoms with Crippen molar-refractivity contribution in [2.45, 2.75) is 44.6 Å². The minimum absolute atomic E-state index is 0.174. The van der Waals surface area contributed by atoms with Gasteiger partial charge >= 0.3 is 0 Å². The van der Waals surface area contributed by atoms with E-state index in [0.29, 0.717) is 5.88 Å². The van der Waals surface area contributed by atoms with Gasteiger partial charge < -0.3 is 9.57 Å². The van der Waals surface area contributed by atoms with E-state index in [0.717, 1.165) is 23.0 Å². The van der Waals surface area contributed by atoms with E-state index in [1.807, 2.05) is 39.0 Å². The predicted molar refractivity (Wildman–Crippen MR) is 85.8 cm³/mol. The number of thioether (sulfide) groups is 1. The number of hydrogen-bond donors (Lipinski definition) is 0. The number of hydrogen-bond acceptors (Lipinski definition) is 4. The Morgan fingerprint density at radius 3 is 2.85 bits per heavy atom. The Morgan fingerprint density at radius 2 is 2.20 bits per heavy atom. The van der Waals surface area contributed by atoms with Crippen LogP contribution in [0.4, 0.5) is 0 Å². The molecular formula is C15H20ClNO2S. The summed E-state index contributed by atoms with van der Waals surface area (Å²) in [5.74, 6) is 2.21. The normalized spacial score (nSPS) is 21.8. The lowest BCUT2D eigenvalue weighted by Crippen LogP contribution is -2.26. The molecule has 1 unspecified atom stereocenters. The first-order chi connectivity index (χ1) is 9.52. The average Bonchev–Trinajstić information content (AvgIpc) is 2.80. The Hall–Kier alpha value is -0.870. The Bertz CT molecular complexity index is 493. The molecule has 0 fully saturated rings. The summed E-state index contributed by atoms with van der Waals surface area (Å²) < 4.78 is 5.82. The van der Waals surface area contributed by atoms with Crippen molar-refractivity contribution in [2.24, 2.45) is 5.16 Å². The van der Waals surface area contributed by atoms with Gasteiger partial charge in [0, 0.05) is 17.7 Å². The summed E-state index contributed by atoms with van der Waals surface area (Å²) in [4.78, 5) is 5.39. The molecule has 0 saturated heterocycles. The van der Waals surface area contributed by atoms with Crippen molar-refractivity contribution in [3.63, 3.8) is 0 Å². The maximum absolute atomic E-state index is 5.89. The molecule has 1 aliphatic heterocycles. The SMILES string of the molecule is CC(C)Oc1ccccc1CSC1=NOC(C)(CCl)C1. The van der Waals surface area contributed by atoms with Gasteiger partial charge in [0.2, 0.25) is 0 Å². The van der Waals surface area contributed by atoms with E-state index in [1.165, 1.54) is 5.56 Å². The smallest absolute Gasteiger partial charge is 0.154 e. The van der Waals surface area contributed by atoms with Crippen LogP contribution in [0.25, 0.3) is 0 Å². The number of rotatable bonds is 5. The van der Waals surface area contributed by atoms with Gasteiger partial charge in [-0.1, -0.05) is 23.4 Å². The second-order valence-electron chi connectivity index (χ2n) is 5.40. The molecule has 0 aromatic heterocycles. The number of oxime groups is 1. The third-order valence-corrected chi connectivity index (χ3v) is 4.48. The second kappa shape index (κ2) is 6.72. The largest absolute Gasteiger partial charge is 0.491 e. The number of ether oxygens (including phenoxy) is 1. The fourth-order valence-corrected chi connectivity index (χ4v) is 3.05. The van der Waals surface area contributed by atoms with Crippen molar-refractivity contribution in [1.29, 1.82) is 0 Å². The lowest BCUT2D eigenvalue weighted by atomic mass is 10.1. The topological polar surface area (TPSA) is 30.8 Å². The number of halogens is 1. The zero-order chi connectivity index (χ0) is 14.6. The molecule has 0 radical (unpaired) electrons. The molecule has 0 aliphatic carbocycles. The summed E-state index contributed by atoms with van der Waals surface area (Å²) in [5, 5.41) is 5.11. The molecule has 20 heavy (non-hydrogen) atoms. The number of benzene rings is 1. The Morgan fingerprint density at radius 1 is 1.45 bits per heavy atom. The maximum Gasteiger partial charge on any atom is 0.154 e. The van der Waals surface area contributed by atoms with Crippen LogP contribution < -0.4 is 4.74 Å². The van der Waals surface area contributed by atoms with Crippen LogP contribution in [0.3, 0.4) is 0 Å². The third-order valence-electron chi connectivity index (χ3n) is 2.91. The monoisotopic (exact) mass is 313 g/mol.